The first-order chi connectivity index (χ1) is 9.01. The Balaban J connectivity index is 2.25. The Morgan fingerprint density at radius 1 is 1.26 bits per heavy atom. The molecule has 0 amide bonds. The van der Waals surface area contributed by atoms with Gasteiger partial charge in [0.15, 0.2) is 0 Å². The van der Waals surface area contributed by atoms with E-state index in [4.69, 9.17) is 27.9 Å². The van der Waals surface area contributed by atoms with Crippen LogP contribution in [0.3, 0.4) is 0 Å². The molecule has 0 bridgehead atoms. The van der Waals surface area contributed by atoms with Crippen LogP contribution >= 0.6 is 34.5 Å². The van der Waals surface area contributed by atoms with Crippen LogP contribution in [0.4, 0.5) is 5.69 Å². The lowest BCUT2D eigenvalue weighted by Gasteiger charge is -2.18. The van der Waals surface area contributed by atoms with Crippen LogP contribution in [-0.4, -0.2) is 7.11 Å². The molecule has 0 radical (unpaired) electrons. The van der Waals surface area contributed by atoms with Gasteiger partial charge in [-0.25, -0.2) is 0 Å². The second kappa shape index (κ2) is 6.04. The van der Waals surface area contributed by atoms with Crippen LogP contribution < -0.4 is 10.1 Å². The molecule has 5 heteroatoms. The summed E-state index contributed by atoms with van der Waals surface area (Å²) in [4.78, 5) is 0. The molecular weight excluding hydrogens is 301 g/mol. The Kier molecular flexibility index (Phi) is 4.61. The lowest BCUT2D eigenvalue weighted by molar-refractivity contribution is 0.416. The van der Waals surface area contributed by atoms with Gasteiger partial charge in [-0.2, -0.15) is 0 Å². The highest BCUT2D eigenvalue weighted by molar-refractivity contribution is 7.14. The molecule has 0 aliphatic heterocycles. The highest BCUT2D eigenvalue weighted by atomic mass is 35.5. The molecule has 1 heterocycles. The largest absolute Gasteiger partial charge is 0.495 e. The lowest BCUT2D eigenvalue weighted by atomic mass is 10.1. The maximum absolute atomic E-state index is 6.10. The summed E-state index contributed by atoms with van der Waals surface area (Å²) < 4.78 is 6.15. The van der Waals surface area contributed by atoms with Crippen molar-refractivity contribution in [2.45, 2.75) is 19.9 Å². The molecule has 1 aromatic carbocycles. The maximum atomic E-state index is 6.10. The molecule has 0 aliphatic rings. The Morgan fingerprint density at radius 3 is 2.58 bits per heavy atom. The van der Waals surface area contributed by atoms with E-state index >= 15 is 0 Å². The minimum Gasteiger partial charge on any atom is -0.495 e. The third-order valence-electron chi connectivity index (χ3n) is 2.94. The summed E-state index contributed by atoms with van der Waals surface area (Å²) in [6.45, 7) is 4.06. The molecule has 19 heavy (non-hydrogen) atoms. The van der Waals surface area contributed by atoms with Gasteiger partial charge in [0.2, 0.25) is 0 Å². The number of halogens is 2. The highest BCUT2D eigenvalue weighted by Crippen LogP contribution is 2.34. The first kappa shape index (κ1) is 14.5. The molecular formula is C14H15Cl2NOS. The van der Waals surface area contributed by atoms with E-state index in [1.165, 1.54) is 11.3 Å². The number of hydrogen-bond donors (Lipinski definition) is 1. The summed E-state index contributed by atoms with van der Waals surface area (Å²) in [5.41, 5.74) is 3.10. The van der Waals surface area contributed by atoms with Crippen molar-refractivity contribution in [1.82, 2.24) is 0 Å². The standard InChI is InChI=1S/C14H15Cl2NOS/c1-8-4-12(13(18-3)6-11(8)15)17-9(2)10-5-14(16)19-7-10/h4-7,9,17H,1-3H3. The second-order valence-corrected chi connectivity index (χ2v) is 6.30. The number of nitrogens with one attached hydrogen (secondary N) is 1. The van der Waals surface area contributed by atoms with Crippen molar-refractivity contribution in [3.8, 4) is 5.75 Å². The van der Waals surface area contributed by atoms with E-state index in [1.54, 1.807) is 7.11 Å². The number of ether oxygens (including phenoxy) is 1. The second-order valence-electron chi connectivity index (χ2n) is 4.35. The van der Waals surface area contributed by atoms with Crippen molar-refractivity contribution in [3.05, 3.63) is 44.1 Å². The Hall–Kier alpha value is -0.900. The lowest BCUT2D eigenvalue weighted by Crippen LogP contribution is -2.07. The van der Waals surface area contributed by atoms with Crippen LogP contribution in [0, 0.1) is 6.92 Å². The Labute approximate surface area is 127 Å². The van der Waals surface area contributed by atoms with Gasteiger partial charge in [-0.15, -0.1) is 11.3 Å². The van der Waals surface area contributed by atoms with Gasteiger partial charge in [0.25, 0.3) is 0 Å². The molecule has 0 saturated heterocycles. The Morgan fingerprint density at radius 2 is 2.00 bits per heavy atom. The molecule has 102 valence electrons. The molecule has 0 aliphatic carbocycles. The van der Waals surface area contributed by atoms with Gasteiger partial charge in [0.1, 0.15) is 5.75 Å². The zero-order valence-corrected chi connectivity index (χ0v) is 13.3. The SMILES string of the molecule is COc1cc(Cl)c(C)cc1NC(C)c1csc(Cl)c1. The van der Waals surface area contributed by atoms with Crippen LogP contribution in [0.5, 0.6) is 5.75 Å². The van der Waals surface area contributed by atoms with Gasteiger partial charge in [0, 0.05) is 17.1 Å². The van der Waals surface area contributed by atoms with Crippen molar-refractivity contribution in [2.75, 3.05) is 12.4 Å². The third kappa shape index (κ3) is 3.35. The first-order valence-electron chi connectivity index (χ1n) is 5.86. The predicted molar refractivity (Wildman–Crippen MR) is 84.1 cm³/mol. The topological polar surface area (TPSA) is 21.3 Å². The van der Waals surface area contributed by atoms with Gasteiger partial charge in [-0.3, -0.25) is 0 Å². The monoisotopic (exact) mass is 315 g/mol. The summed E-state index contributed by atoms with van der Waals surface area (Å²) >= 11 is 13.6. The zero-order valence-electron chi connectivity index (χ0n) is 11.0. The van der Waals surface area contributed by atoms with E-state index in [0.717, 1.165) is 26.9 Å². The summed E-state index contributed by atoms with van der Waals surface area (Å²) in [6, 6.07) is 5.94. The molecule has 2 aromatic rings. The summed E-state index contributed by atoms with van der Waals surface area (Å²) in [5.74, 6) is 0.740. The molecule has 0 spiro atoms. The van der Waals surface area contributed by atoms with Crippen molar-refractivity contribution in [2.24, 2.45) is 0 Å². The highest BCUT2D eigenvalue weighted by Gasteiger charge is 2.12. The van der Waals surface area contributed by atoms with E-state index in [0.29, 0.717) is 5.02 Å². The fourth-order valence-corrected chi connectivity index (χ4v) is 2.95. The zero-order chi connectivity index (χ0) is 14.0. The van der Waals surface area contributed by atoms with Crippen LogP contribution in [0.2, 0.25) is 9.36 Å². The third-order valence-corrected chi connectivity index (χ3v) is 4.46. The summed E-state index contributed by atoms with van der Waals surface area (Å²) in [6.07, 6.45) is 0. The van der Waals surface area contributed by atoms with Crippen LogP contribution in [0.1, 0.15) is 24.1 Å². The quantitative estimate of drug-likeness (QED) is 0.799. The van der Waals surface area contributed by atoms with E-state index in [2.05, 4.69) is 17.6 Å². The average Bonchev–Trinajstić information content (AvgIpc) is 2.80. The van der Waals surface area contributed by atoms with Crippen LogP contribution in [0.15, 0.2) is 23.6 Å². The van der Waals surface area contributed by atoms with Crippen molar-refractivity contribution < 1.29 is 4.74 Å². The van der Waals surface area contributed by atoms with Gasteiger partial charge in [0.05, 0.1) is 17.1 Å². The normalized spacial score (nSPS) is 12.3. The van der Waals surface area contributed by atoms with E-state index < -0.39 is 0 Å². The van der Waals surface area contributed by atoms with Gasteiger partial charge >= 0.3 is 0 Å². The van der Waals surface area contributed by atoms with Gasteiger partial charge < -0.3 is 10.1 Å². The number of thiophene rings is 1. The van der Waals surface area contributed by atoms with Gasteiger partial charge in [-0.05, 0) is 42.5 Å². The average molecular weight is 316 g/mol. The molecule has 0 saturated carbocycles. The van der Waals surface area contributed by atoms with Crippen molar-refractivity contribution in [3.63, 3.8) is 0 Å². The molecule has 2 rings (SSSR count). The number of anilines is 1. The van der Waals surface area contributed by atoms with E-state index in [-0.39, 0.29) is 6.04 Å². The number of aryl methyl sites for hydroxylation is 1. The molecule has 1 N–H and O–H groups in total. The molecule has 2 nitrogen and oxygen atoms in total. The minimum absolute atomic E-state index is 0.151. The number of rotatable bonds is 4. The van der Waals surface area contributed by atoms with E-state index in [1.807, 2.05) is 25.1 Å². The first-order valence-corrected chi connectivity index (χ1v) is 7.49. The number of methoxy groups -OCH3 is 1. The fraction of sp³-hybridized carbons (Fsp3) is 0.286. The smallest absolute Gasteiger partial charge is 0.143 e. The summed E-state index contributed by atoms with van der Waals surface area (Å²) in [7, 11) is 1.64. The molecule has 1 atom stereocenters. The molecule has 0 fully saturated rings. The number of benzene rings is 1. The van der Waals surface area contributed by atoms with Crippen molar-refractivity contribution in [1.29, 1.82) is 0 Å². The molecule has 1 unspecified atom stereocenters. The van der Waals surface area contributed by atoms with Crippen LogP contribution in [0.25, 0.3) is 0 Å². The fourth-order valence-electron chi connectivity index (χ4n) is 1.81. The van der Waals surface area contributed by atoms with Crippen molar-refractivity contribution >= 4 is 40.2 Å². The van der Waals surface area contributed by atoms with Gasteiger partial charge in [-0.1, -0.05) is 23.2 Å². The Bertz CT molecular complexity index is 583. The predicted octanol–water partition coefficient (Wildman–Crippen LogP) is 5.55. The maximum Gasteiger partial charge on any atom is 0.143 e. The van der Waals surface area contributed by atoms with E-state index in [9.17, 15) is 0 Å². The number of hydrogen-bond acceptors (Lipinski definition) is 3. The molecule has 1 aromatic heterocycles. The minimum atomic E-state index is 0.151. The summed E-state index contributed by atoms with van der Waals surface area (Å²) in [5, 5.41) is 6.18. The van der Waals surface area contributed by atoms with Crippen LogP contribution in [-0.2, 0) is 0 Å².